The number of benzene rings is 1. The molecule has 0 heterocycles. The number of unbranched alkanes of at least 4 members (excludes halogenated alkanes) is 4. The lowest BCUT2D eigenvalue weighted by Crippen LogP contribution is -2.20. The Kier molecular flexibility index (Phi) is 8.52. The van der Waals surface area contributed by atoms with Gasteiger partial charge in [0.15, 0.2) is 0 Å². The van der Waals surface area contributed by atoms with Crippen LogP contribution in [-0.2, 0) is 6.42 Å². The maximum Gasteiger partial charge on any atom is 0.0175 e. The summed E-state index contributed by atoms with van der Waals surface area (Å²) >= 11 is 3.53. The van der Waals surface area contributed by atoms with Crippen molar-refractivity contribution in [3.8, 4) is 0 Å². The smallest absolute Gasteiger partial charge is 0.0175 e. The largest absolute Gasteiger partial charge is 0.0654 e. The SMILES string of the molecule is CCCCCCC(C)(CCCC)Cc1ccc(Br)cc1. The van der Waals surface area contributed by atoms with Gasteiger partial charge in [0.1, 0.15) is 0 Å². The molecule has 0 aliphatic carbocycles. The fraction of sp³-hybridized carbons (Fsp3) is 0.684. The van der Waals surface area contributed by atoms with E-state index in [9.17, 15) is 0 Å². The lowest BCUT2D eigenvalue weighted by molar-refractivity contribution is 0.251. The molecule has 1 aromatic carbocycles. The van der Waals surface area contributed by atoms with E-state index in [4.69, 9.17) is 0 Å². The van der Waals surface area contributed by atoms with Gasteiger partial charge in [-0.25, -0.2) is 0 Å². The van der Waals surface area contributed by atoms with E-state index in [0.717, 1.165) is 0 Å². The van der Waals surface area contributed by atoms with Gasteiger partial charge in [0.2, 0.25) is 0 Å². The fourth-order valence-corrected chi connectivity index (χ4v) is 3.24. The van der Waals surface area contributed by atoms with Crippen LogP contribution in [0.2, 0.25) is 0 Å². The molecule has 0 bridgehead atoms. The van der Waals surface area contributed by atoms with E-state index in [-0.39, 0.29) is 0 Å². The van der Waals surface area contributed by atoms with Gasteiger partial charge in [-0.15, -0.1) is 0 Å². The van der Waals surface area contributed by atoms with Crippen molar-refractivity contribution in [3.05, 3.63) is 34.3 Å². The van der Waals surface area contributed by atoms with E-state index in [0.29, 0.717) is 5.41 Å². The van der Waals surface area contributed by atoms with Gasteiger partial charge in [-0.2, -0.15) is 0 Å². The minimum Gasteiger partial charge on any atom is -0.0654 e. The molecule has 0 nitrogen and oxygen atoms in total. The van der Waals surface area contributed by atoms with E-state index >= 15 is 0 Å². The molecule has 114 valence electrons. The molecule has 0 aromatic heterocycles. The highest BCUT2D eigenvalue weighted by atomic mass is 79.9. The first kappa shape index (κ1) is 17.8. The minimum absolute atomic E-state index is 0.484. The number of halogens is 1. The van der Waals surface area contributed by atoms with Crippen molar-refractivity contribution in [3.63, 3.8) is 0 Å². The van der Waals surface area contributed by atoms with Crippen molar-refractivity contribution in [2.45, 2.75) is 78.6 Å². The molecule has 0 saturated heterocycles. The monoisotopic (exact) mass is 338 g/mol. The second-order valence-electron chi connectivity index (χ2n) is 6.53. The summed E-state index contributed by atoms with van der Waals surface area (Å²) in [6, 6.07) is 8.90. The highest BCUT2D eigenvalue weighted by molar-refractivity contribution is 9.10. The molecule has 0 amide bonds. The predicted molar refractivity (Wildman–Crippen MR) is 94.2 cm³/mol. The molecule has 0 aliphatic rings. The van der Waals surface area contributed by atoms with Crippen LogP contribution < -0.4 is 0 Å². The van der Waals surface area contributed by atoms with E-state index in [2.05, 4.69) is 61.0 Å². The first-order chi connectivity index (χ1) is 9.59. The Labute approximate surface area is 134 Å². The molecule has 0 saturated carbocycles. The molecule has 1 unspecified atom stereocenters. The second kappa shape index (κ2) is 9.60. The summed E-state index contributed by atoms with van der Waals surface area (Å²) in [5, 5.41) is 0. The number of hydrogen-bond acceptors (Lipinski definition) is 0. The summed E-state index contributed by atoms with van der Waals surface area (Å²) in [5.41, 5.74) is 1.97. The van der Waals surface area contributed by atoms with Gasteiger partial charge in [0, 0.05) is 4.47 Å². The molecule has 1 heteroatoms. The van der Waals surface area contributed by atoms with E-state index < -0.39 is 0 Å². The molecule has 0 fully saturated rings. The van der Waals surface area contributed by atoms with Crippen molar-refractivity contribution in [2.24, 2.45) is 5.41 Å². The van der Waals surface area contributed by atoms with Crippen molar-refractivity contribution >= 4 is 15.9 Å². The Morgan fingerprint density at radius 2 is 1.45 bits per heavy atom. The molecular weight excluding hydrogens is 308 g/mol. The Bertz CT molecular complexity index is 355. The van der Waals surface area contributed by atoms with Gasteiger partial charge < -0.3 is 0 Å². The standard InChI is InChI=1S/C19H31Br/c1-4-6-8-9-15-19(3,14-7-5-2)16-17-10-12-18(20)13-11-17/h10-13H,4-9,14-16H2,1-3H3. The third-order valence-electron chi connectivity index (χ3n) is 4.31. The van der Waals surface area contributed by atoms with E-state index in [1.807, 2.05) is 0 Å². The molecule has 0 radical (unpaired) electrons. The van der Waals surface area contributed by atoms with E-state index in [1.54, 1.807) is 0 Å². The van der Waals surface area contributed by atoms with Crippen LogP contribution in [0, 0.1) is 5.41 Å². The summed E-state index contributed by atoms with van der Waals surface area (Å²) in [5.74, 6) is 0. The first-order valence-electron chi connectivity index (χ1n) is 8.34. The van der Waals surface area contributed by atoms with Crippen LogP contribution in [0.25, 0.3) is 0 Å². The van der Waals surface area contributed by atoms with Crippen LogP contribution in [0.5, 0.6) is 0 Å². The highest BCUT2D eigenvalue weighted by Gasteiger charge is 2.23. The van der Waals surface area contributed by atoms with Crippen LogP contribution in [0.4, 0.5) is 0 Å². The third kappa shape index (κ3) is 6.92. The zero-order valence-corrected chi connectivity index (χ0v) is 15.1. The van der Waals surface area contributed by atoms with Crippen LogP contribution in [0.1, 0.15) is 77.7 Å². The molecule has 20 heavy (non-hydrogen) atoms. The van der Waals surface area contributed by atoms with Crippen molar-refractivity contribution in [1.29, 1.82) is 0 Å². The van der Waals surface area contributed by atoms with Gasteiger partial charge in [-0.05, 0) is 42.4 Å². The third-order valence-corrected chi connectivity index (χ3v) is 4.84. The molecule has 0 N–H and O–H groups in total. The predicted octanol–water partition coefficient (Wildman–Crippen LogP) is 7.16. The molecule has 1 rings (SSSR count). The summed E-state index contributed by atoms with van der Waals surface area (Å²) in [7, 11) is 0. The van der Waals surface area contributed by atoms with Crippen LogP contribution in [-0.4, -0.2) is 0 Å². The normalized spacial score (nSPS) is 14.2. The molecule has 0 aliphatic heterocycles. The average Bonchev–Trinajstić information content (AvgIpc) is 2.44. The van der Waals surface area contributed by atoms with Crippen LogP contribution >= 0.6 is 15.9 Å². The summed E-state index contributed by atoms with van der Waals surface area (Å²) < 4.78 is 1.18. The van der Waals surface area contributed by atoms with Crippen molar-refractivity contribution in [1.82, 2.24) is 0 Å². The van der Waals surface area contributed by atoms with Crippen LogP contribution in [0.3, 0.4) is 0 Å². The zero-order valence-electron chi connectivity index (χ0n) is 13.6. The molecule has 1 aromatic rings. The Balaban J connectivity index is 2.58. The number of hydrogen-bond donors (Lipinski definition) is 0. The van der Waals surface area contributed by atoms with Gasteiger partial charge in [-0.3, -0.25) is 0 Å². The van der Waals surface area contributed by atoms with Gasteiger partial charge in [-0.1, -0.05) is 87.4 Å². The Hall–Kier alpha value is -0.300. The molecular formula is C19H31Br. The van der Waals surface area contributed by atoms with Gasteiger partial charge in [0.05, 0.1) is 0 Å². The topological polar surface area (TPSA) is 0 Å². The van der Waals surface area contributed by atoms with Crippen molar-refractivity contribution < 1.29 is 0 Å². The lowest BCUT2D eigenvalue weighted by atomic mass is 9.75. The van der Waals surface area contributed by atoms with Gasteiger partial charge in [0.25, 0.3) is 0 Å². The molecule has 1 atom stereocenters. The second-order valence-corrected chi connectivity index (χ2v) is 7.44. The van der Waals surface area contributed by atoms with E-state index in [1.165, 1.54) is 67.8 Å². The maximum absolute atomic E-state index is 3.53. The fourth-order valence-electron chi connectivity index (χ4n) is 2.98. The van der Waals surface area contributed by atoms with Crippen molar-refractivity contribution in [2.75, 3.05) is 0 Å². The number of rotatable bonds is 10. The van der Waals surface area contributed by atoms with Gasteiger partial charge >= 0.3 is 0 Å². The Morgan fingerprint density at radius 1 is 0.850 bits per heavy atom. The van der Waals surface area contributed by atoms with Crippen LogP contribution in [0.15, 0.2) is 28.7 Å². The molecule has 0 spiro atoms. The highest BCUT2D eigenvalue weighted by Crippen LogP contribution is 2.35. The summed E-state index contributed by atoms with van der Waals surface area (Å²) in [6.45, 7) is 7.09. The first-order valence-corrected chi connectivity index (χ1v) is 9.13. The average molecular weight is 339 g/mol. The quantitative estimate of drug-likeness (QED) is 0.397. The summed E-state index contributed by atoms with van der Waals surface area (Å²) in [4.78, 5) is 0. The Morgan fingerprint density at radius 3 is 2.05 bits per heavy atom. The maximum atomic E-state index is 3.53. The zero-order chi connectivity index (χ0) is 14.8. The lowest BCUT2D eigenvalue weighted by Gasteiger charge is -2.30. The summed E-state index contributed by atoms with van der Waals surface area (Å²) in [6.07, 6.45) is 12.2. The minimum atomic E-state index is 0.484.